The summed E-state index contributed by atoms with van der Waals surface area (Å²) in [6.07, 6.45) is 0. The largest absolute Gasteiger partial charge is 0.466 e. The maximum atomic E-state index is 8.88. The average molecular weight is 390 g/mol. The molecule has 0 spiro atoms. The Hall–Kier alpha value is 1.01. The summed E-state index contributed by atoms with van der Waals surface area (Å²) in [6.45, 7) is 0. The van der Waals surface area contributed by atoms with E-state index in [0.717, 1.165) is 0 Å². The molecule has 0 aromatic carbocycles. The van der Waals surface area contributed by atoms with Crippen LogP contribution >= 0.6 is 7.82 Å². The Morgan fingerprint density at radius 3 is 0.706 bits per heavy atom. The molecule has 0 unspecified atom stereocenters. The number of rotatable bonds is 0. The summed E-state index contributed by atoms with van der Waals surface area (Å²) in [4.78, 5) is 21.6. The van der Waals surface area contributed by atoms with Gasteiger partial charge in [0.05, 0.1) is 0 Å². The Labute approximate surface area is 119 Å². The summed E-state index contributed by atoms with van der Waals surface area (Å²) in [6, 6.07) is 0. The zero-order valence-corrected chi connectivity index (χ0v) is 12.6. The minimum absolute atomic E-state index is 0. The number of phosphoric acid groups is 1. The summed E-state index contributed by atoms with van der Waals surface area (Å²) < 4.78 is 72.0. The van der Waals surface area contributed by atoms with Crippen molar-refractivity contribution in [3.8, 4) is 0 Å². The van der Waals surface area contributed by atoms with Gasteiger partial charge in [-0.1, -0.05) is 0 Å². The van der Waals surface area contributed by atoms with E-state index in [1.54, 1.807) is 0 Å². The molecule has 0 fully saturated rings. The zero-order chi connectivity index (χ0) is 13.5. The van der Waals surface area contributed by atoms with E-state index in [1.807, 2.05) is 0 Å². The first kappa shape index (κ1) is 30.8. The molecule has 0 heterocycles. The van der Waals surface area contributed by atoms with Crippen molar-refractivity contribution in [3.63, 3.8) is 0 Å². The Morgan fingerprint density at radius 1 is 0.706 bits per heavy atom. The Bertz CT molecular complexity index is 332. The number of hydrogen-bond donors (Lipinski definition) is 7. The van der Waals surface area contributed by atoms with Crippen LogP contribution in [0.25, 0.3) is 0 Å². The monoisotopic (exact) mass is 388 g/mol. The first-order valence-electron chi connectivity index (χ1n) is 2.18. The van der Waals surface area contributed by atoms with Gasteiger partial charge in [-0.15, -0.1) is 0 Å². The van der Waals surface area contributed by atoms with Gasteiger partial charge in [-0.25, -0.2) is 4.57 Å². The molecule has 0 aromatic heterocycles. The fourth-order valence-electron chi connectivity index (χ4n) is 0. The smallest absolute Gasteiger partial charge is 0.303 e. The molecule has 0 saturated heterocycles. The van der Waals surface area contributed by atoms with Crippen LogP contribution in [0.5, 0.6) is 0 Å². The molecule has 17 heteroatoms. The van der Waals surface area contributed by atoms with Crippen LogP contribution in [0.15, 0.2) is 0 Å². The minimum Gasteiger partial charge on any atom is -0.303 e. The van der Waals surface area contributed by atoms with E-state index >= 15 is 0 Å². The van der Waals surface area contributed by atoms with Gasteiger partial charge in [-0.05, 0) is 0 Å². The summed E-state index contributed by atoms with van der Waals surface area (Å²) in [7, 11) is -14.0. The molecule has 12 nitrogen and oxygen atoms in total. The van der Waals surface area contributed by atoms with E-state index in [0.29, 0.717) is 0 Å². The van der Waals surface area contributed by atoms with Gasteiger partial charge in [0.2, 0.25) is 0 Å². The third kappa shape index (κ3) is 3780. The molecule has 7 N–H and O–H groups in total. The van der Waals surface area contributed by atoms with Crippen LogP contribution in [0.2, 0.25) is 0 Å². The molecular formula is H10AlO12PS2Zn. The molecule has 0 rings (SSSR count). The van der Waals surface area contributed by atoms with Crippen LogP contribution in [0, 0.1) is 0 Å². The zero-order valence-electron chi connectivity index (χ0n) is 7.14. The maximum absolute atomic E-state index is 8.88. The van der Waals surface area contributed by atoms with Crippen LogP contribution in [0.1, 0.15) is 0 Å². The van der Waals surface area contributed by atoms with Gasteiger partial charge in [-0.3, -0.25) is 18.2 Å². The van der Waals surface area contributed by atoms with Gasteiger partial charge in [0.1, 0.15) is 0 Å². The maximum Gasteiger partial charge on any atom is 0.466 e. The van der Waals surface area contributed by atoms with Crippen LogP contribution in [-0.2, 0) is 44.8 Å². The SMILES string of the molecule is O=P(O)(O)O.O=S(=O)(O)O.O=S(=O)(O)O.[AlH3].[Zn]. The quantitative estimate of drug-likeness (QED) is 0.122. The third-order valence-electron chi connectivity index (χ3n) is 0. The molecule has 0 bridgehead atoms. The van der Waals surface area contributed by atoms with Crippen LogP contribution in [0.4, 0.5) is 0 Å². The summed E-state index contributed by atoms with van der Waals surface area (Å²) >= 11 is 0. The second-order valence-corrected chi connectivity index (χ2v) is 4.23. The number of hydrogen-bond acceptors (Lipinski definition) is 5. The average Bonchev–Trinajstić information content (AvgIpc) is 1.41. The van der Waals surface area contributed by atoms with Crippen molar-refractivity contribution in [2.75, 3.05) is 0 Å². The van der Waals surface area contributed by atoms with E-state index in [-0.39, 0.29) is 36.8 Å². The normalized spacial score (nSPS) is 10.3. The van der Waals surface area contributed by atoms with Crippen molar-refractivity contribution in [2.45, 2.75) is 0 Å². The van der Waals surface area contributed by atoms with Gasteiger partial charge < -0.3 is 14.7 Å². The Balaban J connectivity index is -0.0000000400. The molecular weight excluding hydrogens is 379 g/mol. The summed E-state index contributed by atoms with van der Waals surface area (Å²) in [5, 5.41) is 0. The van der Waals surface area contributed by atoms with E-state index in [1.165, 1.54) is 0 Å². The van der Waals surface area contributed by atoms with E-state index < -0.39 is 28.6 Å². The molecule has 0 aliphatic heterocycles. The Morgan fingerprint density at radius 2 is 0.706 bits per heavy atom. The summed E-state index contributed by atoms with van der Waals surface area (Å²) in [5.41, 5.74) is 0. The second-order valence-electron chi connectivity index (χ2n) is 1.41. The van der Waals surface area contributed by atoms with Crippen molar-refractivity contribution >= 4 is 46.0 Å². The first-order valence-corrected chi connectivity index (χ1v) is 6.54. The van der Waals surface area contributed by atoms with E-state index in [9.17, 15) is 0 Å². The van der Waals surface area contributed by atoms with Crippen molar-refractivity contribution in [1.29, 1.82) is 0 Å². The first-order chi connectivity index (χ1) is 6.00. The molecule has 0 radical (unpaired) electrons. The van der Waals surface area contributed by atoms with Gasteiger partial charge in [-0.2, -0.15) is 16.8 Å². The predicted molar refractivity (Wildman–Crippen MR) is 52.6 cm³/mol. The summed E-state index contributed by atoms with van der Waals surface area (Å²) in [5.74, 6) is 0. The molecule has 0 aliphatic rings. The predicted octanol–water partition coefficient (Wildman–Crippen LogP) is -3.42. The van der Waals surface area contributed by atoms with Gasteiger partial charge >= 0.3 is 28.6 Å². The molecule has 0 atom stereocenters. The Kier molecular flexibility index (Phi) is 21.8. The molecule has 104 valence electrons. The fraction of sp³-hybridized carbons (Fsp3) is 0. The third-order valence-corrected chi connectivity index (χ3v) is 0. The topological polar surface area (TPSA) is 227 Å². The van der Waals surface area contributed by atoms with Gasteiger partial charge in [0.25, 0.3) is 0 Å². The van der Waals surface area contributed by atoms with E-state index in [4.69, 9.17) is 54.3 Å². The minimum atomic E-state index is -4.67. The van der Waals surface area contributed by atoms with Gasteiger partial charge in [0, 0.05) is 19.5 Å². The molecule has 0 amide bonds. The van der Waals surface area contributed by atoms with Crippen LogP contribution in [-0.4, -0.2) is 67.1 Å². The molecule has 0 saturated carbocycles. The molecule has 17 heavy (non-hydrogen) atoms. The standard InChI is InChI=1S/Al.H3O4P.2H2O4S.Zn.3H/c;3*1-5(2,3)4;;;;/h;(H3,1,2,3,4);2*(H2,1,2,3,4);;;;. The van der Waals surface area contributed by atoms with Crippen LogP contribution < -0.4 is 0 Å². The van der Waals surface area contributed by atoms with Crippen molar-refractivity contribution in [3.05, 3.63) is 0 Å². The second kappa shape index (κ2) is 12.1. The van der Waals surface area contributed by atoms with E-state index in [2.05, 4.69) is 0 Å². The fourth-order valence-corrected chi connectivity index (χ4v) is 0. The van der Waals surface area contributed by atoms with Crippen LogP contribution in [0.3, 0.4) is 0 Å². The molecule has 0 aromatic rings. The molecule has 0 aliphatic carbocycles. The van der Waals surface area contributed by atoms with Crippen molar-refractivity contribution in [2.24, 2.45) is 0 Å². The van der Waals surface area contributed by atoms with Crippen molar-refractivity contribution in [1.82, 2.24) is 0 Å². The van der Waals surface area contributed by atoms with Crippen molar-refractivity contribution < 1.29 is 73.8 Å². The van der Waals surface area contributed by atoms with Gasteiger partial charge in [0.15, 0.2) is 17.4 Å².